The van der Waals surface area contributed by atoms with Crippen molar-refractivity contribution in [2.75, 3.05) is 0 Å². The zero-order valence-electron chi connectivity index (χ0n) is 13.7. The Hall–Kier alpha value is -2.24. The van der Waals surface area contributed by atoms with Crippen LogP contribution in [0.1, 0.15) is 29.6 Å². The number of benzene rings is 2. The number of azo groups is 1. The van der Waals surface area contributed by atoms with Gasteiger partial charge in [-0.3, -0.25) is 0 Å². The van der Waals surface area contributed by atoms with Gasteiger partial charge in [0.05, 0.1) is 12.1 Å². The highest BCUT2D eigenvalue weighted by atomic mass is 79.9. The molecule has 3 aromatic rings. The van der Waals surface area contributed by atoms with Crippen molar-refractivity contribution in [3.8, 4) is 11.5 Å². The SMILES string of the molecule is Clc1ccc(C2CC(c3ccc(Oc4ccc(Br)cc4)cc3)N=N2)cn1. The first-order valence-corrected chi connectivity index (χ1v) is 9.39. The van der Waals surface area contributed by atoms with E-state index in [9.17, 15) is 0 Å². The molecule has 0 N–H and O–H groups in total. The van der Waals surface area contributed by atoms with Crippen LogP contribution in [0.4, 0.5) is 0 Å². The molecule has 2 aromatic carbocycles. The minimum atomic E-state index is 0.0310. The molecule has 4 nitrogen and oxygen atoms in total. The molecule has 0 spiro atoms. The number of ether oxygens (including phenoxy) is 1. The van der Waals surface area contributed by atoms with Crippen molar-refractivity contribution in [2.24, 2.45) is 10.2 Å². The third-order valence-electron chi connectivity index (χ3n) is 4.24. The topological polar surface area (TPSA) is 46.8 Å². The van der Waals surface area contributed by atoms with E-state index in [1.165, 1.54) is 0 Å². The molecule has 6 heteroatoms. The summed E-state index contributed by atoms with van der Waals surface area (Å²) in [6, 6.07) is 19.6. The summed E-state index contributed by atoms with van der Waals surface area (Å²) < 4.78 is 6.88. The molecule has 0 radical (unpaired) electrons. The Labute approximate surface area is 165 Å². The minimum absolute atomic E-state index is 0.0310. The summed E-state index contributed by atoms with van der Waals surface area (Å²) in [6.45, 7) is 0. The van der Waals surface area contributed by atoms with Crippen LogP contribution in [0.15, 0.2) is 81.6 Å². The largest absolute Gasteiger partial charge is 0.457 e. The van der Waals surface area contributed by atoms with E-state index >= 15 is 0 Å². The molecule has 0 fully saturated rings. The third kappa shape index (κ3) is 3.94. The molecule has 0 amide bonds. The average molecular weight is 429 g/mol. The Bertz CT molecular complexity index is 911. The third-order valence-corrected chi connectivity index (χ3v) is 4.99. The van der Waals surface area contributed by atoms with E-state index in [1.807, 2.05) is 54.6 Å². The number of nitrogens with zero attached hydrogens (tertiary/aromatic N) is 3. The Morgan fingerprint density at radius 1 is 0.808 bits per heavy atom. The summed E-state index contributed by atoms with van der Waals surface area (Å²) in [5, 5.41) is 9.31. The molecule has 1 aromatic heterocycles. The molecule has 130 valence electrons. The molecular formula is C20H15BrClN3O. The van der Waals surface area contributed by atoms with Crippen LogP contribution in [0.25, 0.3) is 0 Å². The smallest absolute Gasteiger partial charge is 0.129 e. The van der Waals surface area contributed by atoms with Gasteiger partial charge in [0, 0.05) is 17.1 Å². The molecule has 1 aliphatic rings. The summed E-state index contributed by atoms with van der Waals surface area (Å²) in [5.41, 5.74) is 2.16. The highest BCUT2D eigenvalue weighted by Crippen LogP contribution is 2.39. The lowest BCUT2D eigenvalue weighted by Crippen LogP contribution is -1.97. The van der Waals surface area contributed by atoms with Crippen molar-refractivity contribution in [3.63, 3.8) is 0 Å². The molecule has 0 bridgehead atoms. The van der Waals surface area contributed by atoms with Gasteiger partial charge >= 0.3 is 0 Å². The van der Waals surface area contributed by atoms with Gasteiger partial charge in [0.2, 0.25) is 0 Å². The maximum atomic E-state index is 5.86. The second kappa shape index (κ2) is 7.56. The first-order chi connectivity index (χ1) is 12.7. The second-order valence-electron chi connectivity index (χ2n) is 6.04. The standard InChI is InChI=1S/C20H15BrClN3O/c21-15-4-8-17(9-5-15)26-16-6-1-13(2-7-16)18-11-19(25-24-18)14-3-10-20(22)23-12-14/h1-10,12,18-19H,11H2. The van der Waals surface area contributed by atoms with Gasteiger partial charge in [-0.15, -0.1) is 0 Å². The summed E-state index contributed by atoms with van der Waals surface area (Å²) in [7, 11) is 0. The number of aromatic nitrogens is 1. The summed E-state index contributed by atoms with van der Waals surface area (Å²) in [6.07, 6.45) is 2.60. The number of pyridine rings is 1. The molecular weight excluding hydrogens is 414 g/mol. The van der Waals surface area contributed by atoms with E-state index in [-0.39, 0.29) is 12.1 Å². The predicted molar refractivity (Wildman–Crippen MR) is 105 cm³/mol. The number of hydrogen-bond acceptors (Lipinski definition) is 4. The van der Waals surface area contributed by atoms with Crippen molar-refractivity contribution >= 4 is 27.5 Å². The molecule has 0 saturated carbocycles. The Morgan fingerprint density at radius 2 is 1.38 bits per heavy atom. The van der Waals surface area contributed by atoms with E-state index < -0.39 is 0 Å². The van der Waals surface area contributed by atoms with Crippen LogP contribution in [-0.2, 0) is 0 Å². The van der Waals surface area contributed by atoms with Crippen LogP contribution in [0.2, 0.25) is 5.15 Å². The molecule has 26 heavy (non-hydrogen) atoms. The Morgan fingerprint density at radius 3 is 2.00 bits per heavy atom. The molecule has 4 rings (SSSR count). The Balaban J connectivity index is 1.42. The van der Waals surface area contributed by atoms with Crippen molar-refractivity contribution in [3.05, 3.63) is 87.6 Å². The van der Waals surface area contributed by atoms with Gasteiger partial charge in [-0.05, 0) is 53.6 Å². The summed E-state index contributed by atoms with van der Waals surface area (Å²) >= 11 is 9.26. The lowest BCUT2D eigenvalue weighted by atomic mass is 9.98. The molecule has 2 heterocycles. The normalized spacial score (nSPS) is 18.8. The van der Waals surface area contributed by atoms with Crippen LogP contribution in [-0.4, -0.2) is 4.98 Å². The first kappa shape index (κ1) is 17.2. The second-order valence-corrected chi connectivity index (χ2v) is 7.34. The van der Waals surface area contributed by atoms with Gasteiger partial charge in [-0.2, -0.15) is 10.2 Å². The fourth-order valence-corrected chi connectivity index (χ4v) is 3.23. The minimum Gasteiger partial charge on any atom is -0.457 e. The molecule has 1 aliphatic heterocycles. The zero-order chi connectivity index (χ0) is 17.9. The quantitative estimate of drug-likeness (QED) is 0.423. The van der Waals surface area contributed by atoms with Crippen LogP contribution < -0.4 is 4.74 Å². The fourth-order valence-electron chi connectivity index (χ4n) is 2.85. The summed E-state index contributed by atoms with van der Waals surface area (Å²) in [4.78, 5) is 4.12. The van der Waals surface area contributed by atoms with Crippen molar-refractivity contribution < 1.29 is 4.74 Å². The van der Waals surface area contributed by atoms with Crippen LogP contribution in [0.5, 0.6) is 11.5 Å². The predicted octanol–water partition coefficient (Wildman–Crippen LogP) is 6.93. The number of halogens is 2. The average Bonchev–Trinajstić information content (AvgIpc) is 3.15. The zero-order valence-corrected chi connectivity index (χ0v) is 16.1. The summed E-state index contributed by atoms with van der Waals surface area (Å²) in [5.74, 6) is 1.60. The van der Waals surface area contributed by atoms with Gasteiger partial charge in [0.25, 0.3) is 0 Å². The van der Waals surface area contributed by atoms with Gasteiger partial charge in [0.1, 0.15) is 16.7 Å². The van der Waals surface area contributed by atoms with E-state index in [0.29, 0.717) is 5.15 Å². The van der Waals surface area contributed by atoms with Crippen molar-refractivity contribution in [1.82, 2.24) is 4.98 Å². The molecule has 0 saturated heterocycles. The number of hydrogen-bond donors (Lipinski definition) is 0. The molecule has 2 atom stereocenters. The lowest BCUT2D eigenvalue weighted by Gasteiger charge is -2.10. The van der Waals surface area contributed by atoms with Gasteiger partial charge < -0.3 is 4.74 Å². The van der Waals surface area contributed by atoms with Crippen LogP contribution in [0.3, 0.4) is 0 Å². The lowest BCUT2D eigenvalue weighted by molar-refractivity contribution is 0.482. The first-order valence-electron chi connectivity index (χ1n) is 8.22. The van der Waals surface area contributed by atoms with E-state index in [2.05, 4.69) is 31.1 Å². The van der Waals surface area contributed by atoms with E-state index in [1.54, 1.807) is 12.3 Å². The van der Waals surface area contributed by atoms with Crippen LogP contribution in [0, 0.1) is 0 Å². The Kier molecular flexibility index (Phi) is 5.00. The van der Waals surface area contributed by atoms with Crippen molar-refractivity contribution in [1.29, 1.82) is 0 Å². The van der Waals surface area contributed by atoms with Crippen LogP contribution >= 0.6 is 27.5 Å². The van der Waals surface area contributed by atoms with Gasteiger partial charge in [-0.1, -0.05) is 45.7 Å². The monoisotopic (exact) mass is 427 g/mol. The fraction of sp³-hybridized carbons (Fsp3) is 0.150. The highest BCUT2D eigenvalue weighted by Gasteiger charge is 2.25. The molecule has 0 aliphatic carbocycles. The van der Waals surface area contributed by atoms with E-state index in [4.69, 9.17) is 16.3 Å². The number of rotatable bonds is 4. The van der Waals surface area contributed by atoms with E-state index in [0.717, 1.165) is 33.5 Å². The molecule has 2 unspecified atom stereocenters. The maximum absolute atomic E-state index is 5.86. The van der Waals surface area contributed by atoms with Gasteiger partial charge in [0.15, 0.2) is 0 Å². The highest BCUT2D eigenvalue weighted by molar-refractivity contribution is 9.10. The maximum Gasteiger partial charge on any atom is 0.129 e. The van der Waals surface area contributed by atoms with Gasteiger partial charge in [-0.25, -0.2) is 4.98 Å². The van der Waals surface area contributed by atoms with Crippen molar-refractivity contribution in [2.45, 2.75) is 18.5 Å².